The van der Waals surface area contributed by atoms with Crippen LogP contribution in [0, 0.1) is 12.8 Å². The zero-order chi connectivity index (χ0) is 9.42. The molecule has 1 aliphatic heterocycles. The lowest BCUT2D eigenvalue weighted by molar-refractivity contribution is -0.142. The van der Waals surface area contributed by atoms with Gasteiger partial charge in [-0.05, 0) is 13.3 Å². The van der Waals surface area contributed by atoms with Crippen molar-refractivity contribution < 1.29 is 9.90 Å². The minimum Gasteiger partial charge on any atom is -0.481 e. The first-order chi connectivity index (χ1) is 6.18. The van der Waals surface area contributed by atoms with Crippen molar-refractivity contribution in [3.05, 3.63) is 11.6 Å². The summed E-state index contributed by atoms with van der Waals surface area (Å²) in [5, 5.41) is 16.7. The number of aliphatic carboxylic acids is 1. The molecule has 1 aromatic rings. The normalized spacial score (nSPS) is 21.2. The highest BCUT2D eigenvalue weighted by Crippen LogP contribution is 2.19. The molecule has 2 rings (SSSR count). The molecule has 0 saturated heterocycles. The third-order valence-electron chi connectivity index (χ3n) is 2.48. The molecule has 0 bridgehead atoms. The summed E-state index contributed by atoms with van der Waals surface area (Å²) in [6, 6.07) is 0. The van der Waals surface area contributed by atoms with Gasteiger partial charge in [0, 0.05) is 13.0 Å². The summed E-state index contributed by atoms with van der Waals surface area (Å²) in [5.41, 5.74) is 0. The molecule has 70 valence electrons. The van der Waals surface area contributed by atoms with Crippen LogP contribution in [0.5, 0.6) is 0 Å². The van der Waals surface area contributed by atoms with Gasteiger partial charge < -0.3 is 9.67 Å². The summed E-state index contributed by atoms with van der Waals surface area (Å²) in [4.78, 5) is 10.7. The van der Waals surface area contributed by atoms with Gasteiger partial charge in [-0.3, -0.25) is 4.79 Å². The van der Waals surface area contributed by atoms with Crippen molar-refractivity contribution in [3.8, 4) is 0 Å². The third-order valence-corrected chi connectivity index (χ3v) is 2.48. The Morgan fingerprint density at radius 1 is 1.62 bits per heavy atom. The highest BCUT2D eigenvalue weighted by Gasteiger charge is 2.25. The monoisotopic (exact) mass is 181 g/mol. The van der Waals surface area contributed by atoms with E-state index in [1.165, 1.54) is 0 Å². The van der Waals surface area contributed by atoms with Crippen LogP contribution in [0.25, 0.3) is 0 Å². The van der Waals surface area contributed by atoms with Crippen molar-refractivity contribution in [2.75, 3.05) is 0 Å². The van der Waals surface area contributed by atoms with Crippen LogP contribution in [0.1, 0.15) is 18.1 Å². The predicted octanol–water partition coefficient (Wildman–Crippen LogP) is 0.234. The minimum atomic E-state index is -0.723. The zero-order valence-electron chi connectivity index (χ0n) is 7.40. The first-order valence-corrected chi connectivity index (χ1v) is 4.30. The Morgan fingerprint density at radius 2 is 2.38 bits per heavy atom. The second-order valence-corrected chi connectivity index (χ2v) is 3.35. The first kappa shape index (κ1) is 8.22. The lowest BCUT2D eigenvalue weighted by Gasteiger charge is -2.20. The number of hydrogen-bond donors (Lipinski definition) is 1. The van der Waals surface area contributed by atoms with Gasteiger partial charge in [-0.1, -0.05) is 0 Å². The van der Waals surface area contributed by atoms with Crippen molar-refractivity contribution in [1.82, 2.24) is 14.8 Å². The minimum absolute atomic E-state index is 0.276. The molecule has 1 aromatic heterocycles. The van der Waals surface area contributed by atoms with Gasteiger partial charge in [0.15, 0.2) is 0 Å². The van der Waals surface area contributed by atoms with Crippen molar-refractivity contribution in [2.45, 2.75) is 26.3 Å². The van der Waals surface area contributed by atoms with Crippen LogP contribution in [-0.4, -0.2) is 25.8 Å². The molecule has 1 N–H and O–H groups in total. The molecule has 0 unspecified atom stereocenters. The summed E-state index contributed by atoms with van der Waals surface area (Å²) in [6.45, 7) is 2.37. The first-order valence-electron chi connectivity index (χ1n) is 4.30. The van der Waals surface area contributed by atoms with E-state index < -0.39 is 5.97 Å². The molecule has 1 aliphatic rings. The largest absolute Gasteiger partial charge is 0.481 e. The Bertz CT molecular complexity index is 345. The number of fused-ring (bicyclic) bond motifs is 1. The number of aromatic nitrogens is 3. The van der Waals surface area contributed by atoms with E-state index in [0.29, 0.717) is 13.0 Å². The molecule has 0 aromatic carbocycles. The van der Waals surface area contributed by atoms with Crippen LogP contribution >= 0.6 is 0 Å². The van der Waals surface area contributed by atoms with Crippen LogP contribution in [0.2, 0.25) is 0 Å². The van der Waals surface area contributed by atoms with Crippen molar-refractivity contribution >= 4 is 5.97 Å². The number of hydrogen-bond acceptors (Lipinski definition) is 3. The van der Waals surface area contributed by atoms with E-state index in [2.05, 4.69) is 10.2 Å². The second-order valence-electron chi connectivity index (χ2n) is 3.35. The SMILES string of the molecule is Cc1nnc2n1C[C@H](C(=O)O)CC2. The van der Waals surface area contributed by atoms with Crippen molar-refractivity contribution in [3.63, 3.8) is 0 Å². The Balaban J connectivity index is 2.27. The molecule has 0 aliphatic carbocycles. The fourth-order valence-corrected chi connectivity index (χ4v) is 1.66. The Hall–Kier alpha value is -1.39. The molecule has 2 heterocycles. The van der Waals surface area contributed by atoms with Gasteiger partial charge in [-0.25, -0.2) is 0 Å². The number of nitrogens with zero attached hydrogens (tertiary/aromatic N) is 3. The molecule has 5 heteroatoms. The number of rotatable bonds is 1. The smallest absolute Gasteiger partial charge is 0.308 e. The van der Waals surface area contributed by atoms with E-state index in [-0.39, 0.29) is 5.92 Å². The van der Waals surface area contributed by atoms with Gasteiger partial charge >= 0.3 is 5.97 Å². The fourth-order valence-electron chi connectivity index (χ4n) is 1.66. The number of carbonyl (C=O) groups is 1. The van der Waals surface area contributed by atoms with Crippen LogP contribution in [0.4, 0.5) is 0 Å². The van der Waals surface area contributed by atoms with Gasteiger partial charge in [-0.2, -0.15) is 0 Å². The van der Waals surface area contributed by atoms with E-state index >= 15 is 0 Å². The topological polar surface area (TPSA) is 68.0 Å². The maximum absolute atomic E-state index is 10.7. The van der Waals surface area contributed by atoms with Crippen molar-refractivity contribution in [1.29, 1.82) is 0 Å². The Kier molecular flexibility index (Phi) is 1.79. The number of aryl methyl sites for hydroxylation is 2. The predicted molar refractivity (Wildman–Crippen MR) is 44.2 cm³/mol. The summed E-state index contributed by atoms with van der Waals surface area (Å²) in [7, 11) is 0. The summed E-state index contributed by atoms with van der Waals surface area (Å²) in [5.74, 6) is 0.719. The van der Waals surface area contributed by atoms with E-state index in [1.807, 2.05) is 11.5 Å². The molecule has 13 heavy (non-hydrogen) atoms. The molecule has 5 nitrogen and oxygen atoms in total. The summed E-state index contributed by atoms with van der Waals surface area (Å²) >= 11 is 0. The van der Waals surface area contributed by atoms with Crippen molar-refractivity contribution in [2.24, 2.45) is 5.92 Å². The van der Waals surface area contributed by atoms with Gasteiger partial charge in [-0.15, -0.1) is 10.2 Å². The standard InChI is InChI=1S/C8H11N3O2/c1-5-9-10-7-3-2-6(8(12)13)4-11(5)7/h6H,2-4H2,1H3,(H,12,13)/t6-/m1/s1. The maximum atomic E-state index is 10.7. The molecule has 0 fully saturated rings. The molecular weight excluding hydrogens is 170 g/mol. The zero-order valence-corrected chi connectivity index (χ0v) is 7.40. The summed E-state index contributed by atoms with van der Waals surface area (Å²) < 4.78 is 1.89. The summed E-state index contributed by atoms with van der Waals surface area (Å²) in [6.07, 6.45) is 1.39. The van der Waals surface area contributed by atoms with Gasteiger partial charge in [0.1, 0.15) is 11.6 Å². The number of carboxylic acids is 1. The Labute approximate surface area is 75.4 Å². The van der Waals surface area contributed by atoms with Crippen LogP contribution in [0.15, 0.2) is 0 Å². The Morgan fingerprint density at radius 3 is 3.08 bits per heavy atom. The average Bonchev–Trinajstić information content (AvgIpc) is 2.47. The van der Waals surface area contributed by atoms with Gasteiger partial charge in [0.25, 0.3) is 0 Å². The molecular formula is C8H11N3O2. The van der Waals surface area contributed by atoms with Crippen LogP contribution in [-0.2, 0) is 17.8 Å². The number of carboxylic acid groups (broad SMARTS) is 1. The van der Waals surface area contributed by atoms with Gasteiger partial charge in [0.05, 0.1) is 5.92 Å². The average molecular weight is 181 g/mol. The van der Waals surface area contributed by atoms with Crippen LogP contribution in [0.3, 0.4) is 0 Å². The second kappa shape index (κ2) is 2.83. The molecule has 0 amide bonds. The van der Waals surface area contributed by atoms with E-state index in [4.69, 9.17) is 5.11 Å². The van der Waals surface area contributed by atoms with E-state index in [1.54, 1.807) is 0 Å². The fraction of sp³-hybridized carbons (Fsp3) is 0.625. The molecule has 0 radical (unpaired) electrons. The highest BCUT2D eigenvalue weighted by molar-refractivity contribution is 5.70. The van der Waals surface area contributed by atoms with Crippen LogP contribution < -0.4 is 0 Å². The molecule has 0 saturated carbocycles. The van der Waals surface area contributed by atoms with E-state index in [9.17, 15) is 4.79 Å². The molecule has 0 spiro atoms. The highest BCUT2D eigenvalue weighted by atomic mass is 16.4. The van der Waals surface area contributed by atoms with E-state index in [0.717, 1.165) is 18.1 Å². The lowest BCUT2D eigenvalue weighted by atomic mass is 10.00. The quantitative estimate of drug-likeness (QED) is 0.673. The van der Waals surface area contributed by atoms with Gasteiger partial charge in [0.2, 0.25) is 0 Å². The lowest BCUT2D eigenvalue weighted by Crippen LogP contribution is -2.27. The third kappa shape index (κ3) is 1.30. The molecule has 1 atom stereocenters. The maximum Gasteiger partial charge on any atom is 0.308 e.